The largest absolute Gasteiger partial charge is 0.342 e. The first-order chi connectivity index (χ1) is 8.54. The molecule has 0 spiro atoms. The SMILES string of the molecule is CCC(C)N(C)C(=O)CSCc1ccc(Cl)cc1. The smallest absolute Gasteiger partial charge is 0.232 e. The molecule has 0 heterocycles. The van der Waals surface area contributed by atoms with E-state index in [2.05, 4.69) is 13.8 Å². The standard InChI is InChI=1S/C14H20ClNOS/c1-4-11(2)16(3)14(17)10-18-9-12-5-7-13(15)8-6-12/h5-8,11H,4,9-10H2,1-3H3. The maximum absolute atomic E-state index is 11.9. The van der Waals surface area contributed by atoms with Crippen molar-refractivity contribution in [1.29, 1.82) is 0 Å². The summed E-state index contributed by atoms with van der Waals surface area (Å²) in [7, 11) is 1.87. The molecule has 0 N–H and O–H groups in total. The molecule has 0 aliphatic heterocycles. The zero-order valence-electron chi connectivity index (χ0n) is 11.1. The fraction of sp³-hybridized carbons (Fsp3) is 0.500. The summed E-state index contributed by atoms with van der Waals surface area (Å²) < 4.78 is 0. The van der Waals surface area contributed by atoms with Gasteiger partial charge >= 0.3 is 0 Å². The third kappa shape index (κ3) is 4.91. The summed E-state index contributed by atoms with van der Waals surface area (Å²) in [6.45, 7) is 4.16. The number of rotatable bonds is 6. The predicted octanol–water partition coefficient (Wildman–Crippen LogP) is 3.83. The maximum Gasteiger partial charge on any atom is 0.232 e. The van der Waals surface area contributed by atoms with Gasteiger partial charge in [-0.15, -0.1) is 11.8 Å². The second-order valence-corrected chi connectivity index (χ2v) is 5.80. The molecule has 1 aromatic rings. The van der Waals surface area contributed by atoms with Crippen LogP contribution >= 0.6 is 23.4 Å². The van der Waals surface area contributed by atoms with Crippen LogP contribution < -0.4 is 0 Å². The second kappa shape index (κ2) is 7.70. The number of hydrogen-bond donors (Lipinski definition) is 0. The van der Waals surface area contributed by atoms with Gasteiger partial charge in [-0.1, -0.05) is 30.7 Å². The Morgan fingerprint density at radius 3 is 2.56 bits per heavy atom. The molecule has 2 nitrogen and oxygen atoms in total. The van der Waals surface area contributed by atoms with Crippen molar-refractivity contribution in [1.82, 2.24) is 4.90 Å². The van der Waals surface area contributed by atoms with E-state index in [0.29, 0.717) is 11.8 Å². The molecule has 18 heavy (non-hydrogen) atoms. The molecule has 1 amide bonds. The highest BCUT2D eigenvalue weighted by Gasteiger charge is 2.13. The molecule has 1 aromatic carbocycles. The number of halogens is 1. The molecule has 0 aliphatic rings. The molecule has 4 heteroatoms. The van der Waals surface area contributed by atoms with Crippen LogP contribution in [0.2, 0.25) is 5.02 Å². The summed E-state index contributed by atoms with van der Waals surface area (Å²) in [5, 5.41) is 0.747. The van der Waals surface area contributed by atoms with E-state index in [0.717, 1.165) is 17.2 Å². The highest BCUT2D eigenvalue weighted by Crippen LogP contribution is 2.16. The fourth-order valence-electron chi connectivity index (χ4n) is 1.46. The van der Waals surface area contributed by atoms with Crippen molar-refractivity contribution >= 4 is 29.3 Å². The van der Waals surface area contributed by atoms with Crippen molar-refractivity contribution in [2.24, 2.45) is 0 Å². The Kier molecular flexibility index (Phi) is 6.58. The molecule has 0 aromatic heterocycles. The Labute approximate surface area is 119 Å². The minimum absolute atomic E-state index is 0.198. The van der Waals surface area contributed by atoms with Crippen LogP contribution in [-0.4, -0.2) is 29.6 Å². The minimum Gasteiger partial charge on any atom is -0.342 e. The van der Waals surface area contributed by atoms with Gasteiger partial charge in [0.2, 0.25) is 5.91 Å². The second-order valence-electron chi connectivity index (χ2n) is 4.38. The van der Waals surface area contributed by atoms with Gasteiger partial charge in [-0.3, -0.25) is 4.79 Å². The Morgan fingerprint density at radius 2 is 2.00 bits per heavy atom. The van der Waals surface area contributed by atoms with Crippen molar-refractivity contribution < 1.29 is 4.79 Å². The fourth-order valence-corrected chi connectivity index (χ4v) is 2.49. The summed E-state index contributed by atoms with van der Waals surface area (Å²) in [6, 6.07) is 8.07. The van der Waals surface area contributed by atoms with Crippen molar-refractivity contribution in [3.8, 4) is 0 Å². The first kappa shape index (κ1) is 15.4. The topological polar surface area (TPSA) is 20.3 Å². The quantitative estimate of drug-likeness (QED) is 0.792. The normalized spacial score (nSPS) is 12.2. The molecule has 0 bridgehead atoms. The van der Waals surface area contributed by atoms with Gasteiger partial charge in [0.05, 0.1) is 5.75 Å². The molecular weight excluding hydrogens is 266 g/mol. The van der Waals surface area contributed by atoms with Gasteiger partial charge in [0, 0.05) is 23.9 Å². The summed E-state index contributed by atoms with van der Waals surface area (Å²) in [5.74, 6) is 1.57. The maximum atomic E-state index is 11.9. The molecule has 1 atom stereocenters. The van der Waals surface area contributed by atoms with Crippen molar-refractivity contribution in [3.05, 3.63) is 34.9 Å². The molecule has 1 unspecified atom stereocenters. The summed E-state index contributed by atoms with van der Waals surface area (Å²) in [4.78, 5) is 13.7. The lowest BCUT2D eigenvalue weighted by Gasteiger charge is -2.23. The summed E-state index contributed by atoms with van der Waals surface area (Å²) in [6.07, 6.45) is 0.990. The van der Waals surface area contributed by atoms with E-state index in [4.69, 9.17) is 11.6 Å². The molecular formula is C14H20ClNOS. The van der Waals surface area contributed by atoms with E-state index < -0.39 is 0 Å². The first-order valence-corrected chi connectivity index (χ1v) is 7.65. The third-order valence-corrected chi connectivity index (χ3v) is 4.29. The van der Waals surface area contributed by atoms with Crippen molar-refractivity contribution in [2.75, 3.05) is 12.8 Å². The predicted molar refractivity (Wildman–Crippen MR) is 80.1 cm³/mol. The van der Waals surface area contributed by atoms with Crippen LogP contribution in [0, 0.1) is 0 Å². The summed E-state index contributed by atoms with van der Waals surface area (Å²) >= 11 is 7.46. The molecule has 0 fully saturated rings. The van der Waals surface area contributed by atoms with Crippen LogP contribution in [0.25, 0.3) is 0 Å². The Morgan fingerprint density at radius 1 is 1.39 bits per heavy atom. The number of carbonyl (C=O) groups is 1. The lowest BCUT2D eigenvalue weighted by Crippen LogP contribution is -2.35. The molecule has 1 rings (SSSR count). The Hall–Kier alpha value is -0.670. The molecule has 0 saturated carbocycles. The monoisotopic (exact) mass is 285 g/mol. The number of benzene rings is 1. The van der Waals surface area contributed by atoms with Crippen LogP contribution in [0.5, 0.6) is 0 Å². The zero-order chi connectivity index (χ0) is 13.5. The lowest BCUT2D eigenvalue weighted by atomic mass is 10.2. The van der Waals surface area contributed by atoms with Crippen molar-refractivity contribution in [3.63, 3.8) is 0 Å². The molecule has 0 saturated heterocycles. The van der Waals surface area contributed by atoms with Gasteiger partial charge in [0.25, 0.3) is 0 Å². The van der Waals surface area contributed by atoms with Crippen LogP contribution in [0.4, 0.5) is 0 Å². The number of amides is 1. The Bertz CT molecular complexity index is 380. The lowest BCUT2D eigenvalue weighted by molar-refractivity contribution is -0.128. The van der Waals surface area contributed by atoms with E-state index in [9.17, 15) is 4.79 Å². The summed E-state index contributed by atoms with van der Waals surface area (Å²) in [5.41, 5.74) is 1.20. The Balaban J connectivity index is 2.33. The van der Waals surface area contributed by atoms with E-state index in [1.54, 1.807) is 11.8 Å². The van der Waals surface area contributed by atoms with E-state index in [1.165, 1.54) is 5.56 Å². The van der Waals surface area contributed by atoms with Crippen LogP contribution in [0.15, 0.2) is 24.3 Å². The average Bonchev–Trinajstić information content (AvgIpc) is 2.39. The number of nitrogens with zero attached hydrogens (tertiary/aromatic N) is 1. The van der Waals surface area contributed by atoms with Gasteiger partial charge in [-0.05, 0) is 31.0 Å². The van der Waals surface area contributed by atoms with Crippen LogP contribution in [-0.2, 0) is 10.5 Å². The van der Waals surface area contributed by atoms with E-state index in [-0.39, 0.29) is 5.91 Å². The van der Waals surface area contributed by atoms with Gasteiger partial charge < -0.3 is 4.90 Å². The number of hydrogen-bond acceptors (Lipinski definition) is 2. The average molecular weight is 286 g/mol. The van der Waals surface area contributed by atoms with Gasteiger partial charge in [-0.25, -0.2) is 0 Å². The van der Waals surface area contributed by atoms with Gasteiger partial charge in [-0.2, -0.15) is 0 Å². The van der Waals surface area contributed by atoms with Gasteiger partial charge in [0.1, 0.15) is 0 Å². The highest BCUT2D eigenvalue weighted by atomic mass is 35.5. The zero-order valence-corrected chi connectivity index (χ0v) is 12.7. The number of thioether (sulfide) groups is 1. The van der Waals surface area contributed by atoms with Crippen LogP contribution in [0.1, 0.15) is 25.8 Å². The minimum atomic E-state index is 0.198. The van der Waals surface area contributed by atoms with Crippen molar-refractivity contribution in [2.45, 2.75) is 32.1 Å². The van der Waals surface area contributed by atoms with E-state index >= 15 is 0 Å². The van der Waals surface area contributed by atoms with Crippen LogP contribution in [0.3, 0.4) is 0 Å². The number of carbonyl (C=O) groups excluding carboxylic acids is 1. The first-order valence-electron chi connectivity index (χ1n) is 6.12. The highest BCUT2D eigenvalue weighted by molar-refractivity contribution is 7.99. The molecule has 100 valence electrons. The van der Waals surface area contributed by atoms with E-state index in [1.807, 2.05) is 36.2 Å². The molecule has 0 radical (unpaired) electrons. The third-order valence-electron chi connectivity index (χ3n) is 3.05. The molecule has 0 aliphatic carbocycles. The van der Waals surface area contributed by atoms with Gasteiger partial charge in [0.15, 0.2) is 0 Å².